The van der Waals surface area contributed by atoms with Gasteiger partial charge in [-0.3, -0.25) is 19.9 Å². The molecular weight excluding hydrogens is 502 g/mol. The number of nitrogens with zero attached hydrogens (tertiary/aromatic N) is 3. The highest BCUT2D eigenvalue weighted by Gasteiger charge is 2.42. The van der Waals surface area contributed by atoms with Crippen molar-refractivity contribution in [2.24, 2.45) is 0 Å². The van der Waals surface area contributed by atoms with Gasteiger partial charge >= 0.3 is 0 Å². The van der Waals surface area contributed by atoms with E-state index in [2.05, 4.69) is 15.6 Å². The normalized spacial score (nSPS) is 16.8. The standard InChI is InChI=1S/C28H25N5O4S/c1-3-25(34)30-21-11-10-19(15-17(21)2)32-27(26(31-28(32)38)22-9-4-5-14-29-22)24-13-12-23(37-24)18-7-6-8-20(16-18)33(35)36/h4-16,26-27H,3H2,1-2H3,(H,30,34)(H,31,38)/t26-,27-/m0/s1. The first-order valence-electron chi connectivity index (χ1n) is 12.1. The maximum Gasteiger partial charge on any atom is 0.270 e. The number of non-ortho nitro benzene ring substituents is 1. The van der Waals surface area contributed by atoms with E-state index < -0.39 is 4.92 Å². The first-order chi connectivity index (χ1) is 18.4. The van der Waals surface area contributed by atoms with E-state index in [9.17, 15) is 14.9 Å². The van der Waals surface area contributed by atoms with Crippen LogP contribution in [0.4, 0.5) is 17.1 Å². The van der Waals surface area contributed by atoms with Gasteiger partial charge < -0.3 is 20.0 Å². The zero-order valence-electron chi connectivity index (χ0n) is 20.8. The van der Waals surface area contributed by atoms with Crippen molar-refractivity contribution in [2.45, 2.75) is 32.4 Å². The number of rotatable bonds is 7. The third-order valence-corrected chi connectivity index (χ3v) is 6.76. The third kappa shape index (κ3) is 4.85. The number of benzene rings is 2. The maximum atomic E-state index is 11.9. The van der Waals surface area contributed by atoms with Gasteiger partial charge in [0.2, 0.25) is 5.91 Å². The van der Waals surface area contributed by atoms with Crippen molar-refractivity contribution in [3.05, 3.63) is 106 Å². The SMILES string of the molecule is CCC(=O)Nc1ccc(N2C(=S)N[C@@H](c3ccccn3)[C@@H]2c2ccc(-c3cccc([N+](=O)[O-])c3)o2)cc1C. The van der Waals surface area contributed by atoms with Crippen LogP contribution >= 0.6 is 12.2 Å². The van der Waals surface area contributed by atoms with Crippen molar-refractivity contribution in [3.63, 3.8) is 0 Å². The molecule has 5 rings (SSSR count). The van der Waals surface area contributed by atoms with Gasteiger partial charge in [0.05, 0.1) is 16.7 Å². The van der Waals surface area contributed by atoms with Gasteiger partial charge in [0.15, 0.2) is 5.11 Å². The molecule has 4 aromatic rings. The average Bonchev–Trinajstić information content (AvgIpc) is 3.55. The van der Waals surface area contributed by atoms with Gasteiger partial charge in [-0.25, -0.2) is 0 Å². The summed E-state index contributed by atoms with van der Waals surface area (Å²) in [5.74, 6) is 1.07. The molecule has 1 aliphatic heterocycles. The highest BCUT2D eigenvalue weighted by Crippen LogP contribution is 2.43. The second-order valence-electron chi connectivity index (χ2n) is 8.91. The molecule has 0 unspecified atom stereocenters. The van der Waals surface area contributed by atoms with Gasteiger partial charge in [0.1, 0.15) is 17.6 Å². The van der Waals surface area contributed by atoms with E-state index in [0.717, 1.165) is 22.6 Å². The van der Waals surface area contributed by atoms with E-state index in [1.165, 1.54) is 12.1 Å². The Kier molecular flexibility index (Phi) is 6.89. The Balaban J connectivity index is 1.56. The molecule has 2 aromatic heterocycles. The lowest BCUT2D eigenvalue weighted by Gasteiger charge is -2.26. The van der Waals surface area contributed by atoms with Gasteiger partial charge in [0, 0.05) is 41.7 Å². The zero-order valence-corrected chi connectivity index (χ0v) is 21.6. The molecule has 0 spiro atoms. The Morgan fingerprint density at radius 1 is 1.16 bits per heavy atom. The number of furan rings is 1. The number of thiocarbonyl (C=S) groups is 1. The first kappa shape index (κ1) is 25.1. The second-order valence-corrected chi connectivity index (χ2v) is 9.29. The lowest BCUT2D eigenvalue weighted by atomic mass is 10.0. The van der Waals surface area contributed by atoms with Gasteiger partial charge in [-0.2, -0.15) is 0 Å². The summed E-state index contributed by atoms with van der Waals surface area (Å²) in [6, 6.07) is 20.7. The summed E-state index contributed by atoms with van der Waals surface area (Å²) in [6.45, 7) is 3.74. The van der Waals surface area contributed by atoms with Crippen molar-refractivity contribution in [3.8, 4) is 11.3 Å². The molecule has 1 fully saturated rings. The minimum Gasteiger partial charge on any atom is -0.459 e. The Morgan fingerprint density at radius 3 is 2.71 bits per heavy atom. The van der Waals surface area contributed by atoms with Crippen LogP contribution in [-0.4, -0.2) is 20.9 Å². The Morgan fingerprint density at radius 2 is 2.00 bits per heavy atom. The number of hydrogen-bond donors (Lipinski definition) is 2. The van der Waals surface area contributed by atoms with Gasteiger partial charge in [0.25, 0.3) is 5.69 Å². The minimum absolute atomic E-state index is 0.0112. The molecule has 0 saturated carbocycles. The zero-order chi connectivity index (χ0) is 26.8. The minimum atomic E-state index is -0.430. The summed E-state index contributed by atoms with van der Waals surface area (Å²) in [4.78, 5) is 29.3. The maximum absolute atomic E-state index is 11.9. The molecule has 38 heavy (non-hydrogen) atoms. The molecule has 192 valence electrons. The smallest absolute Gasteiger partial charge is 0.270 e. The fraction of sp³-hybridized carbons (Fsp3) is 0.179. The van der Waals surface area contributed by atoms with E-state index in [0.29, 0.717) is 28.6 Å². The molecule has 2 aromatic carbocycles. The van der Waals surface area contributed by atoms with Crippen LogP contribution < -0.4 is 15.5 Å². The van der Waals surface area contributed by atoms with Gasteiger partial charge in [-0.15, -0.1) is 0 Å². The number of hydrogen-bond acceptors (Lipinski definition) is 6. The number of carbonyl (C=O) groups excluding carboxylic acids is 1. The van der Waals surface area contributed by atoms with E-state index in [1.807, 2.05) is 54.3 Å². The van der Waals surface area contributed by atoms with Crippen molar-refractivity contribution in [1.29, 1.82) is 0 Å². The molecule has 1 amide bonds. The number of anilines is 2. The van der Waals surface area contributed by atoms with E-state index in [-0.39, 0.29) is 23.7 Å². The summed E-state index contributed by atoms with van der Waals surface area (Å²) < 4.78 is 6.31. The monoisotopic (exact) mass is 527 g/mol. The molecule has 2 N–H and O–H groups in total. The van der Waals surface area contributed by atoms with E-state index in [1.54, 1.807) is 31.3 Å². The molecule has 3 heterocycles. The van der Waals surface area contributed by atoms with Crippen LogP contribution in [0.3, 0.4) is 0 Å². The second kappa shape index (κ2) is 10.4. The summed E-state index contributed by atoms with van der Waals surface area (Å²) in [7, 11) is 0. The Labute approximate surface area is 224 Å². The molecule has 0 radical (unpaired) electrons. The number of nitro benzene ring substituents is 1. The van der Waals surface area contributed by atoms with Crippen molar-refractivity contribution in [2.75, 3.05) is 10.2 Å². The van der Waals surface area contributed by atoms with Crippen molar-refractivity contribution in [1.82, 2.24) is 10.3 Å². The van der Waals surface area contributed by atoms with Crippen molar-refractivity contribution < 1.29 is 14.1 Å². The van der Waals surface area contributed by atoms with Crippen LogP contribution in [0.2, 0.25) is 0 Å². The van der Waals surface area contributed by atoms with Crippen LogP contribution in [0.15, 0.2) is 83.4 Å². The van der Waals surface area contributed by atoms with Crippen LogP contribution in [-0.2, 0) is 4.79 Å². The molecule has 0 aliphatic carbocycles. The molecule has 2 atom stereocenters. The van der Waals surface area contributed by atoms with Crippen LogP contribution in [0.1, 0.15) is 42.4 Å². The molecule has 10 heteroatoms. The first-order valence-corrected chi connectivity index (χ1v) is 12.5. The number of carbonyl (C=O) groups is 1. The fourth-order valence-corrected chi connectivity index (χ4v) is 4.88. The van der Waals surface area contributed by atoms with Crippen LogP contribution in [0, 0.1) is 17.0 Å². The summed E-state index contributed by atoms with van der Waals surface area (Å²) in [6.07, 6.45) is 2.12. The lowest BCUT2D eigenvalue weighted by Crippen LogP contribution is -2.29. The highest BCUT2D eigenvalue weighted by atomic mass is 32.1. The number of aryl methyl sites for hydroxylation is 1. The quantitative estimate of drug-likeness (QED) is 0.169. The number of aromatic nitrogens is 1. The third-order valence-electron chi connectivity index (χ3n) is 6.44. The molecule has 0 bridgehead atoms. The van der Waals surface area contributed by atoms with Crippen molar-refractivity contribution >= 4 is 40.3 Å². The number of nitrogens with one attached hydrogen (secondary N) is 2. The average molecular weight is 528 g/mol. The predicted octanol–water partition coefficient (Wildman–Crippen LogP) is 6.08. The summed E-state index contributed by atoms with van der Waals surface area (Å²) in [5.41, 5.74) is 3.84. The Bertz CT molecular complexity index is 1520. The van der Waals surface area contributed by atoms with Crippen LogP contribution in [0.25, 0.3) is 11.3 Å². The predicted molar refractivity (Wildman–Crippen MR) is 149 cm³/mol. The van der Waals surface area contributed by atoms with Crippen LogP contribution in [0.5, 0.6) is 0 Å². The largest absolute Gasteiger partial charge is 0.459 e. The van der Waals surface area contributed by atoms with E-state index >= 15 is 0 Å². The Hall–Kier alpha value is -4.57. The van der Waals surface area contributed by atoms with E-state index in [4.69, 9.17) is 16.6 Å². The van der Waals surface area contributed by atoms with Gasteiger partial charge in [-0.05, 0) is 67.2 Å². The van der Waals surface area contributed by atoms with Gasteiger partial charge in [-0.1, -0.05) is 25.1 Å². The number of amides is 1. The fourth-order valence-electron chi connectivity index (χ4n) is 4.54. The highest BCUT2D eigenvalue weighted by molar-refractivity contribution is 7.80. The topological polar surface area (TPSA) is 114 Å². The number of pyridine rings is 1. The summed E-state index contributed by atoms with van der Waals surface area (Å²) >= 11 is 5.79. The molecular formula is C28H25N5O4S. The summed E-state index contributed by atoms with van der Waals surface area (Å²) in [5, 5.41) is 18.1. The number of nitro groups is 1. The molecule has 9 nitrogen and oxygen atoms in total. The molecule has 1 aliphatic rings. The molecule has 1 saturated heterocycles. The lowest BCUT2D eigenvalue weighted by molar-refractivity contribution is -0.384.